The van der Waals surface area contributed by atoms with Crippen LogP contribution in [-0.2, 0) is 20.7 Å². The molecule has 1 atom stereocenters. The minimum absolute atomic E-state index is 0.0310. The number of esters is 1. The molecule has 0 fully saturated rings. The number of imide groups is 1. The molecule has 0 aromatic heterocycles. The van der Waals surface area contributed by atoms with Crippen LogP contribution in [0.2, 0.25) is 0 Å². The Hall–Kier alpha value is -5.06. The van der Waals surface area contributed by atoms with Crippen LogP contribution in [0.4, 0.5) is 11.4 Å². The third-order valence-corrected chi connectivity index (χ3v) is 5.70. The number of methoxy groups -OCH3 is 1. The smallest absolute Gasteiger partial charge is 0.330 e. The summed E-state index contributed by atoms with van der Waals surface area (Å²) in [6, 6.07) is 17.5. The van der Waals surface area contributed by atoms with E-state index in [0.29, 0.717) is 5.56 Å². The number of anilines is 1. The van der Waals surface area contributed by atoms with E-state index in [9.17, 15) is 29.3 Å². The highest BCUT2D eigenvalue weighted by Crippen LogP contribution is 2.29. The molecular weight excluding hydrogens is 482 g/mol. The maximum atomic E-state index is 13.1. The van der Waals surface area contributed by atoms with Gasteiger partial charge in [0.15, 0.2) is 6.61 Å². The van der Waals surface area contributed by atoms with Gasteiger partial charge < -0.3 is 14.8 Å². The van der Waals surface area contributed by atoms with Gasteiger partial charge in [0.2, 0.25) is 0 Å². The van der Waals surface area contributed by atoms with E-state index in [0.717, 1.165) is 11.0 Å². The van der Waals surface area contributed by atoms with Gasteiger partial charge in [0, 0.05) is 6.42 Å². The molecule has 3 amide bonds. The van der Waals surface area contributed by atoms with Crippen LogP contribution in [0.15, 0.2) is 72.8 Å². The summed E-state index contributed by atoms with van der Waals surface area (Å²) in [5.74, 6) is -2.88. The Bertz CT molecular complexity index is 1350. The monoisotopic (exact) mass is 503 g/mol. The summed E-state index contributed by atoms with van der Waals surface area (Å²) in [5.41, 5.74) is 0.477. The van der Waals surface area contributed by atoms with Crippen LogP contribution in [-0.4, -0.2) is 53.3 Å². The minimum atomic E-state index is -1.34. The summed E-state index contributed by atoms with van der Waals surface area (Å²) in [6.07, 6.45) is -0.0310. The molecule has 1 aliphatic rings. The van der Waals surface area contributed by atoms with Crippen molar-refractivity contribution in [1.29, 1.82) is 0 Å². The minimum Gasteiger partial charge on any atom is -0.496 e. The van der Waals surface area contributed by atoms with Crippen molar-refractivity contribution in [3.05, 3.63) is 99.6 Å². The van der Waals surface area contributed by atoms with Gasteiger partial charge in [-0.15, -0.1) is 0 Å². The lowest BCUT2D eigenvalue weighted by molar-refractivity contribution is -0.384. The Morgan fingerprint density at radius 1 is 0.973 bits per heavy atom. The fraction of sp³-hybridized carbons (Fsp3) is 0.154. The largest absolute Gasteiger partial charge is 0.496 e. The van der Waals surface area contributed by atoms with Crippen molar-refractivity contribution in [1.82, 2.24) is 4.90 Å². The summed E-state index contributed by atoms with van der Waals surface area (Å²) < 4.78 is 10.1. The fourth-order valence-electron chi connectivity index (χ4n) is 3.92. The van der Waals surface area contributed by atoms with Crippen LogP contribution < -0.4 is 10.1 Å². The van der Waals surface area contributed by atoms with Gasteiger partial charge in [-0.05, 0) is 29.8 Å². The van der Waals surface area contributed by atoms with Gasteiger partial charge in [0.05, 0.1) is 29.2 Å². The lowest BCUT2D eigenvalue weighted by Gasteiger charge is -2.24. The summed E-state index contributed by atoms with van der Waals surface area (Å²) in [5, 5.41) is 13.7. The number of nitrogens with zero attached hydrogens (tertiary/aromatic N) is 2. The molecule has 3 aromatic rings. The van der Waals surface area contributed by atoms with Crippen LogP contribution in [0.25, 0.3) is 0 Å². The third kappa shape index (κ3) is 5.30. The molecule has 0 radical (unpaired) electrons. The first-order valence-corrected chi connectivity index (χ1v) is 11.1. The molecule has 1 N–H and O–H groups in total. The van der Waals surface area contributed by atoms with Gasteiger partial charge in [0.25, 0.3) is 23.4 Å². The molecule has 11 heteroatoms. The lowest BCUT2D eigenvalue weighted by atomic mass is 10.0. The number of hydrogen-bond acceptors (Lipinski definition) is 8. The summed E-state index contributed by atoms with van der Waals surface area (Å²) in [6.45, 7) is -0.795. The van der Waals surface area contributed by atoms with E-state index in [1.807, 2.05) is 0 Å². The Balaban J connectivity index is 1.51. The van der Waals surface area contributed by atoms with Gasteiger partial charge in [-0.3, -0.25) is 29.4 Å². The second kappa shape index (κ2) is 10.7. The molecule has 3 aromatic carbocycles. The number of nitro groups is 1. The van der Waals surface area contributed by atoms with Crippen LogP contribution in [0.5, 0.6) is 5.75 Å². The maximum Gasteiger partial charge on any atom is 0.330 e. The molecule has 1 heterocycles. The van der Waals surface area contributed by atoms with E-state index in [4.69, 9.17) is 9.47 Å². The zero-order chi connectivity index (χ0) is 26.5. The van der Waals surface area contributed by atoms with Gasteiger partial charge in [0.1, 0.15) is 17.5 Å². The fourth-order valence-corrected chi connectivity index (χ4v) is 3.92. The third-order valence-electron chi connectivity index (χ3n) is 5.70. The number of benzene rings is 3. The Morgan fingerprint density at radius 3 is 2.19 bits per heavy atom. The zero-order valence-electron chi connectivity index (χ0n) is 19.6. The number of ether oxygens (including phenoxy) is 2. The molecular formula is C26H21N3O8. The quantitative estimate of drug-likeness (QED) is 0.203. The summed E-state index contributed by atoms with van der Waals surface area (Å²) in [7, 11) is 1.34. The SMILES string of the molecule is COc1ccc(NC(=O)COC(=O)C(Cc2ccccc2)N2C(=O)c3ccccc3C2=O)c([N+](=O)[O-])c1. The number of nitrogens with one attached hydrogen (secondary N) is 1. The summed E-state index contributed by atoms with van der Waals surface area (Å²) in [4.78, 5) is 63.1. The molecule has 0 bridgehead atoms. The highest BCUT2D eigenvalue weighted by molar-refractivity contribution is 6.22. The van der Waals surface area contributed by atoms with Gasteiger partial charge in [-0.1, -0.05) is 42.5 Å². The molecule has 1 aliphatic heterocycles. The zero-order valence-corrected chi connectivity index (χ0v) is 19.6. The molecule has 1 unspecified atom stereocenters. The van der Waals surface area contributed by atoms with Crippen LogP contribution >= 0.6 is 0 Å². The van der Waals surface area contributed by atoms with Crippen molar-refractivity contribution in [2.24, 2.45) is 0 Å². The second-order valence-electron chi connectivity index (χ2n) is 8.03. The molecule has 0 spiro atoms. The van der Waals surface area contributed by atoms with E-state index in [2.05, 4.69) is 5.32 Å². The Kier molecular flexibility index (Phi) is 7.23. The Morgan fingerprint density at radius 2 is 1.59 bits per heavy atom. The highest BCUT2D eigenvalue weighted by atomic mass is 16.6. The van der Waals surface area contributed by atoms with E-state index in [-0.39, 0.29) is 29.0 Å². The molecule has 0 aliphatic carbocycles. The number of rotatable bonds is 9. The first-order valence-electron chi connectivity index (χ1n) is 11.1. The average Bonchev–Trinajstić information content (AvgIpc) is 3.16. The van der Waals surface area contributed by atoms with Crippen molar-refractivity contribution < 1.29 is 33.6 Å². The Labute approximate surface area is 210 Å². The molecule has 0 saturated carbocycles. The van der Waals surface area contributed by atoms with Crippen LogP contribution in [0, 0.1) is 10.1 Å². The van der Waals surface area contributed by atoms with Crippen LogP contribution in [0.1, 0.15) is 26.3 Å². The molecule has 188 valence electrons. The number of hydrogen-bond donors (Lipinski definition) is 1. The van der Waals surface area contributed by atoms with E-state index in [1.54, 1.807) is 42.5 Å². The molecule has 37 heavy (non-hydrogen) atoms. The average molecular weight is 503 g/mol. The number of fused-ring (bicyclic) bond motifs is 1. The number of amides is 3. The van der Waals surface area contributed by atoms with E-state index >= 15 is 0 Å². The number of nitro benzene ring substituents is 1. The van der Waals surface area contributed by atoms with Crippen molar-refractivity contribution >= 4 is 35.1 Å². The molecule has 0 saturated heterocycles. The summed E-state index contributed by atoms with van der Waals surface area (Å²) >= 11 is 0. The standard InChI is InChI=1S/C26H21N3O8/c1-36-17-11-12-20(21(14-17)29(34)35)27-23(30)15-37-26(33)22(13-16-7-3-2-4-8-16)28-24(31)18-9-5-6-10-19(18)25(28)32/h2-12,14,22H,13,15H2,1H3,(H,27,30). The van der Waals surface area contributed by atoms with Crippen molar-refractivity contribution in [2.45, 2.75) is 12.5 Å². The van der Waals surface area contributed by atoms with Gasteiger partial charge in [-0.2, -0.15) is 0 Å². The van der Waals surface area contributed by atoms with E-state index < -0.39 is 47.0 Å². The normalized spacial score (nSPS) is 13.1. The maximum absolute atomic E-state index is 13.1. The lowest BCUT2D eigenvalue weighted by Crippen LogP contribution is -2.47. The van der Waals surface area contributed by atoms with Gasteiger partial charge >= 0.3 is 5.97 Å². The van der Waals surface area contributed by atoms with E-state index in [1.165, 1.54) is 31.4 Å². The predicted molar refractivity (Wildman–Crippen MR) is 130 cm³/mol. The topological polar surface area (TPSA) is 145 Å². The van der Waals surface area contributed by atoms with Crippen molar-refractivity contribution in [3.8, 4) is 5.75 Å². The number of carbonyl (C=O) groups excluding carboxylic acids is 4. The second-order valence-corrected chi connectivity index (χ2v) is 8.03. The van der Waals surface area contributed by atoms with Crippen molar-refractivity contribution in [2.75, 3.05) is 19.0 Å². The molecule has 11 nitrogen and oxygen atoms in total. The first kappa shape index (κ1) is 25.0. The van der Waals surface area contributed by atoms with Gasteiger partial charge in [-0.25, -0.2) is 4.79 Å². The molecule has 4 rings (SSSR count). The first-order chi connectivity index (χ1) is 17.8. The highest BCUT2D eigenvalue weighted by Gasteiger charge is 2.43. The predicted octanol–water partition coefficient (Wildman–Crippen LogP) is 2.99. The van der Waals surface area contributed by atoms with Crippen LogP contribution in [0.3, 0.4) is 0 Å². The van der Waals surface area contributed by atoms with Crippen molar-refractivity contribution in [3.63, 3.8) is 0 Å². The number of carbonyl (C=O) groups is 4.